The maximum Gasteiger partial charge on any atom is 0.333 e. The van der Waals surface area contributed by atoms with Gasteiger partial charge in [0.15, 0.2) is 6.10 Å². The maximum atomic E-state index is 11.3. The maximum absolute atomic E-state index is 11.3. The number of benzene rings is 2. The molecule has 0 amide bonds. The molecule has 1 unspecified atom stereocenters. The SMILES string of the molecule is CC(C)OC(Cc1cccc(-c2ccc(Cl)c(Cl)c2)c1)C(=O)O. The van der Waals surface area contributed by atoms with Crippen LogP contribution in [-0.4, -0.2) is 23.3 Å². The largest absolute Gasteiger partial charge is 0.479 e. The highest BCUT2D eigenvalue weighted by atomic mass is 35.5. The normalized spacial score (nSPS) is 12.4. The molecule has 23 heavy (non-hydrogen) atoms. The van der Waals surface area contributed by atoms with Crippen molar-refractivity contribution in [1.82, 2.24) is 0 Å². The van der Waals surface area contributed by atoms with Gasteiger partial charge in [-0.05, 0) is 42.7 Å². The second-order valence-electron chi connectivity index (χ2n) is 5.55. The van der Waals surface area contributed by atoms with Crippen molar-refractivity contribution in [2.24, 2.45) is 0 Å². The van der Waals surface area contributed by atoms with Crippen LogP contribution < -0.4 is 0 Å². The molecule has 0 saturated carbocycles. The van der Waals surface area contributed by atoms with Crippen molar-refractivity contribution in [3.8, 4) is 11.1 Å². The van der Waals surface area contributed by atoms with Gasteiger partial charge in [-0.25, -0.2) is 4.79 Å². The molecule has 2 rings (SSSR count). The van der Waals surface area contributed by atoms with Crippen LogP contribution in [0.4, 0.5) is 0 Å². The summed E-state index contributed by atoms with van der Waals surface area (Å²) in [5, 5.41) is 10.3. The molecule has 3 nitrogen and oxygen atoms in total. The van der Waals surface area contributed by atoms with Crippen molar-refractivity contribution in [1.29, 1.82) is 0 Å². The predicted octanol–water partition coefficient (Wildman–Crippen LogP) is 5.08. The number of rotatable bonds is 6. The van der Waals surface area contributed by atoms with Crippen LogP contribution in [0.25, 0.3) is 11.1 Å². The summed E-state index contributed by atoms with van der Waals surface area (Å²) in [5.41, 5.74) is 2.77. The average Bonchev–Trinajstić information content (AvgIpc) is 2.49. The van der Waals surface area contributed by atoms with Gasteiger partial charge in [0.1, 0.15) is 0 Å². The van der Waals surface area contributed by atoms with E-state index in [2.05, 4.69) is 0 Å². The van der Waals surface area contributed by atoms with Crippen LogP contribution in [0.2, 0.25) is 10.0 Å². The topological polar surface area (TPSA) is 46.5 Å². The van der Waals surface area contributed by atoms with Gasteiger partial charge in [0.2, 0.25) is 0 Å². The highest BCUT2D eigenvalue weighted by molar-refractivity contribution is 6.42. The second kappa shape index (κ2) is 7.82. The van der Waals surface area contributed by atoms with E-state index in [1.54, 1.807) is 12.1 Å². The van der Waals surface area contributed by atoms with Crippen LogP contribution in [0.1, 0.15) is 19.4 Å². The van der Waals surface area contributed by atoms with Crippen molar-refractivity contribution in [2.75, 3.05) is 0 Å². The molecular formula is C18H18Cl2O3. The highest BCUT2D eigenvalue weighted by Gasteiger charge is 2.20. The minimum atomic E-state index is -0.960. The summed E-state index contributed by atoms with van der Waals surface area (Å²) in [6.07, 6.45) is -0.698. The minimum absolute atomic E-state index is 0.144. The van der Waals surface area contributed by atoms with Gasteiger partial charge in [0.05, 0.1) is 16.1 Å². The Hall–Kier alpha value is -1.55. The van der Waals surface area contributed by atoms with E-state index in [0.717, 1.165) is 16.7 Å². The first-order valence-corrected chi connectivity index (χ1v) is 8.05. The zero-order valence-corrected chi connectivity index (χ0v) is 14.4. The third-order valence-corrected chi connectivity index (χ3v) is 4.05. The molecule has 0 saturated heterocycles. The molecule has 0 bridgehead atoms. The Morgan fingerprint density at radius 1 is 1.09 bits per heavy atom. The molecule has 0 aromatic heterocycles. The number of aliphatic carboxylic acids is 1. The predicted molar refractivity (Wildman–Crippen MR) is 93.2 cm³/mol. The average molecular weight is 353 g/mol. The van der Waals surface area contributed by atoms with Gasteiger partial charge >= 0.3 is 5.97 Å². The van der Waals surface area contributed by atoms with Gasteiger partial charge in [-0.2, -0.15) is 0 Å². The molecule has 0 fully saturated rings. The molecule has 2 aromatic carbocycles. The minimum Gasteiger partial charge on any atom is -0.479 e. The van der Waals surface area contributed by atoms with E-state index in [4.69, 9.17) is 27.9 Å². The summed E-state index contributed by atoms with van der Waals surface area (Å²) < 4.78 is 5.46. The first-order valence-electron chi connectivity index (χ1n) is 7.29. The molecule has 122 valence electrons. The van der Waals surface area contributed by atoms with Gasteiger partial charge < -0.3 is 9.84 Å². The van der Waals surface area contributed by atoms with Crippen molar-refractivity contribution in [3.05, 3.63) is 58.1 Å². The molecular weight excluding hydrogens is 335 g/mol. The lowest BCUT2D eigenvalue weighted by Gasteiger charge is -2.17. The summed E-state index contributed by atoms with van der Waals surface area (Å²) in [7, 11) is 0. The molecule has 0 aliphatic heterocycles. The third-order valence-electron chi connectivity index (χ3n) is 3.31. The van der Waals surface area contributed by atoms with Crippen LogP contribution in [0.15, 0.2) is 42.5 Å². The van der Waals surface area contributed by atoms with E-state index in [-0.39, 0.29) is 6.10 Å². The first-order chi connectivity index (χ1) is 10.9. The van der Waals surface area contributed by atoms with Crippen molar-refractivity contribution >= 4 is 29.2 Å². The lowest BCUT2D eigenvalue weighted by molar-refractivity contribution is -0.153. The zero-order valence-electron chi connectivity index (χ0n) is 12.9. The van der Waals surface area contributed by atoms with Crippen LogP contribution in [0, 0.1) is 0 Å². The molecule has 0 radical (unpaired) electrons. The standard InChI is InChI=1S/C18H18Cl2O3/c1-11(2)23-17(18(21)22)9-12-4-3-5-13(8-12)14-6-7-15(19)16(20)10-14/h3-8,10-11,17H,9H2,1-2H3,(H,21,22). The summed E-state index contributed by atoms with van der Waals surface area (Å²) >= 11 is 12.0. The summed E-state index contributed by atoms with van der Waals surface area (Å²) in [6.45, 7) is 3.64. The second-order valence-corrected chi connectivity index (χ2v) is 6.36. The summed E-state index contributed by atoms with van der Waals surface area (Å²) in [6, 6.07) is 13.1. The fourth-order valence-corrected chi connectivity index (χ4v) is 2.59. The molecule has 1 N–H and O–H groups in total. The molecule has 0 aliphatic rings. The molecule has 0 heterocycles. The van der Waals surface area contributed by atoms with Crippen LogP contribution >= 0.6 is 23.2 Å². The Kier molecular flexibility index (Phi) is 6.05. The Balaban J connectivity index is 2.25. The van der Waals surface area contributed by atoms with E-state index in [1.807, 2.05) is 44.2 Å². The van der Waals surface area contributed by atoms with Gasteiger partial charge in [-0.15, -0.1) is 0 Å². The zero-order chi connectivity index (χ0) is 17.0. The van der Waals surface area contributed by atoms with Gasteiger partial charge in [0, 0.05) is 6.42 Å². The number of hydrogen-bond acceptors (Lipinski definition) is 2. The fraction of sp³-hybridized carbons (Fsp3) is 0.278. The quantitative estimate of drug-likeness (QED) is 0.788. The van der Waals surface area contributed by atoms with Gasteiger partial charge in [-0.3, -0.25) is 0 Å². The van der Waals surface area contributed by atoms with Crippen molar-refractivity contribution in [3.63, 3.8) is 0 Å². The number of carboxylic acid groups (broad SMARTS) is 1. The van der Waals surface area contributed by atoms with Crippen molar-refractivity contribution < 1.29 is 14.6 Å². The lowest BCUT2D eigenvalue weighted by atomic mass is 10.00. The number of carbonyl (C=O) groups is 1. The van der Waals surface area contributed by atoms with E-state index >= 15 is 0 Å². The Morgan fingerprint density at radius 3 is 2.39 bits per heavy atom. The first kappa shape index (κ1) is 17.8. The molecule has 0 spiro atoms. The third kappa shape index (κ3) is 4.96. The molecule has 1 atom stereocenters. The van der Waals surface area contributed by atoms with Crippen molar-refractivity contribution in [2.45, 2.75) is 32.5 Å². The number of hydrogen-bond donors (Lipinski definition) is 1. The number of carboxylic acids is 1. The summed E-state index contributed by atoms with van der Waals surface area (Å²) in [5.74, 6) is -0.960. The van der Waals surface area contributed by atoms with Gasteiger partial charge in [-0.1, -0.05) is 53.5 Å². The lowest BCUT2D eigenvalue weighted by Crippen LogP contribution is -2.29. The van der Waals surface area contributed by atoms with E-state index in [1.165, 1.54) is 0 Å². The van der Waals surface area contributed by atoms with Crippen LogP contribution in [0.3, 0.4) is 0 Å². The van der Waals surface area contributed by atoms with Crippen LogP contribution in [0.5, 0.6) is 0 Å². The molecule has 2 aromatic rings. The Morgan fingerprint density at radius 2 is 1.78 bits per heavy atom. The number of halogens is 2. The highest BCUT2D eigenvalue weighted by Crippen LogP contribution is 2.29. The summed E-state index contributed by atoms with van der Waals surface area (Å²) in [4.78, 5) is 11.3. The van der Waals surface area contributed by atoms with E-state index in [9.17, 15) is 9.90 Å². The fourth-order valence-electron chi connectivity index (χ4n) is 2.29. The monoisotopic (exact) mass is 352 g/mol. The Labute approximate surface area is 145 Å². The van der Waals surface area contributed by atoms with E-state index < -0.39 is 12.1 Å². The van der Waals surface area contributed by atoms with Gasteiger partial charge in [0.25, 0.3) is 0 Å². The molecule has 5 heteroatoms. The smallest absolute Gasteiger partial charge is 0.333 e. The Bertz CT molecular complexity index is 698. The number of ether oxygens (including phenoxy) is 1. The van der Waals surface area contributed by atoms with Crippen LogP contribution in [-0.2, 0) is 16.0 Å². The molecule has 0 aliphatic carbocycles. The van der Waals surface area contributed by atoms with E-state index in [0.29, 0.717) is 16.5 Å².